The number of fused-ring (bicyclic) bond motifs is 1. The number of nitrogens with zero attached hydrogens (tertiary/aromatic N) is 1. The summed E-state index contributed by atoms with van der Waals surface area (Å²) in [6.45, 7) is 7.29. The number of hydrogen-bond donors (Lipinski definition) is 1. The highest BCUT2D eigenvalue weighted by Crippen LogP contribution is 2.30. The fourth-order valence-electron chi connectivity index (χ4n) is 3.54. The van der Waals surface area contributed by atoms with E-state index in [1.807, 2.05) is 48.2 Å². The summed E-state index contributed by atoms with van der Waals surface area (Å²) in [5.41, 5.74) is 3.56. The number of anilines is 1. The summed E-state index contributed by atoms with van der Waals surface area (Å²) in [5, 5.41) is 3.05. The summed E-state index contributed by atoms with van der Waals surface area (Å²) >= 11 is 0. The average molecular weight is 380 g/mol. The van der Waals surface area contributed by atoms with Crippen molar-refractivity contribution >= 4 is 17.5 Å². The van der Waals surface area contributed by atoms with Gasteiger partial charge in [0.25, 0.3) is 5.91 Å². The van der Waals surface area contributed by atoms with E-state index >= 15 is 0 Å². The minimum absolute atomic E-state index is 0.0929. The third-order valence-electron chi connectivity index (χ3n) is 5.40. The van der Waals surface area contributed by atoms with Gasteiger partial charge in [0.2, 0.25) is 5.91 Å². The maximum absolute atomic E-state index is 12.7. The molecule has 28 heavy (non-hydrogen) atoms. The molecule has 1 aliphatic heterocycles. The Bertz CT molecular complexity index is 872. The Hall–Kier alpha value is -2.82. The lowest BCUT2D eigenvalue weighted by atomic mass is 9.84. The summed E-state index contributed by atoms with van der Waals surface area (Å²) < 4.78 is 5.21. The van der Waals surface area contributed by atoms with E-state index in [0.717, 1.165) is 29.0 Å². The van der Waals surface area contributed by atoms with Gasteiger partial charge in [-0.25, -0.2) is 0 Å². The Morgan fingerprint density at radius 1 is 1.14 bits per heavy atom. The van der Waals surface area contributed by atoms with Gasteiger partial charge in [0.15, 0.2) is 0 Å². The number of methoxy groups -OCH3 is 1. The van der Waals surface area contributed by atoms with Crippen molar-refractivity contribution in [3.8, 4) is 5.75 Å². The summed E-state index contributed by atoms with van der Waals surface area (Å²) in [4.78, 5) is 26.5. The topological polar surface area (TPSA) is 58.6 Å². The van der Waals surface area contributed by atoms with Crippen LogP contribution in [0.4, 0.5) is 5.69 Å². The molecule has 1 N–H and O–H groups in total. The van der Waals surface area contributed by atoms with Crippen molar-refractivity contribution in [3.05, 3.63) is 59.2 Å². The van der Waals surface area contributed by atoms with Crippen LogP contribution in [-0.4, -0.2) is 32.0 Å². The minimum atomic E-state index is -0.205. The molecule has 0 fully saturated rings. The fourth-order valence-corrected chi connectivity index (χ4v) is 3.54. The summed E-state index contributed by atoms with van der Waals surface area (Å²) in [6, 6.07) is 13.5. The predicted molar refractivity (Wildman–Crippen MR) is 111 cm³/mol. The first-order chi connectivity index (χ1) is 13.4. The number of carbonyl (C=O) groups is 2. The third-order valence-corrected chi connectivity index (χ3v) is 5.40. The number of rotatable bonds is 6. The van der Waals surface area contributed by atoms with E-state index in [1.54, 1.807) is 13.2 Å². The quantitative estimate of drug-likeness (QED) is 0.831. The molecular weight excluding hydrogens is 352 g/mol. The lowest BCUT2D eigenvalue weighted by Crippen LogP contribution is -2.36. The highest BCUT2D eigenvalue weighted by Gasteiger charge is 2.25. The van der Waals surface area contributed by atoms with Gasteiger partial charge in [0.1, 0.15) is 5.75 Å². The van der Waals surface area contributed by atoms with Gasteiger partial charge in [-0.2, -0.15) is 0 Å². The zero-order valence-corrected chi connectivity index (χ0v) is 17.0. The van der Waals surface area contributed by atoms with Crippen LogP contribution in [0, 0.1) is 0 Å². The van der Waals surface area contributed by atoms with E-state index in [9.17, 15) is 9.59 Å². The van der Waals surface area contributed by atoms with Crippen LogP contribution in [0.2, 0.25) is 0 Å². The van der Waals surface area contributed by atoms with E-state index in [4.69, 9.17) is 4.74 Å². The zero-order chi connectivity index (χ0) is 20.3. The summed E-state index contributed by atoms with van der Waals surface area (Å²) in [6.07, 6.45) is 1.28. The second kappa shape index (κ2) is 8.05. The largest absolute Gasteiger partial charge is 0.497 e. The van der Waals surface area contributed by atoms with Gasteiger partial charge in [-0.05, 0) is 47.9 Å². The van der Waals surface area contributed by atoms with Crippen molar-refractivity contribution < 1.29 is 14.3 Å². The van der Waals surface area contributed by atoms with Gasteiger partial charge >= 0.3 is 0 Å². The molecule has 5 nitrogen and oxygen atoms in total. The molecule has 2 aromatic carbocycles. The molecule has 0 aromatic heterocycles. The number of nitrogens with one attached hydrogen (secondary N) is 1. The van der Waals surface area contributed by atoms with Crippen LogP contribution in [0.25, 0.3) is 0 Å². The Balaban J connectivity index is 1.67. The molecule has 2 aromatic rings. The van der Waals surface area contributed by atoms with Crippen LogP contribution in [0.5, 0.6) is 5.75 Å². The van der Waals surface area contributed by atoms with Crippen molar-refractivity contribution in [2.45, 2.75) is 39.0 Å². The van der Waals surface area contributed by atoms with Crippen molar-refractivity contribution in [2.75, 3.05) is 25.1 Å². The molecule has 0 unspecified atom stereocenters. The van der Waals surface area contributed by atoms with Crippen LogP contribution in [0.15, 0.2) is 42.5 Å². The molecule has 5 heteroatoms. The van der Waals surface area contributed by atoms with Crippen molar-refractivity contribution in [2.24, 2.45) is 0 Å². The predicted octanol–water partition coefficient (Wildman–Crippen LogP) is 3.70. The zero-order valence-electron chi connectivity index (χ0n) is 17.0. The Labute approximate surface area is 166 Å². The number of carbonyl (C=O) groups excluding carboxylic acids is 2. The van der Waals surface area contributed by atoms with Gasteiger partial charge in [0, 0.05) is 36.2 Å². The molecule has 1 aliphatic rings. The minimum Gasteiger partial charge on any atom is -0.497 e. The molecule has 0 spiro atoms. The molecule has 148 valence electrons. The lowest BCUT2D eigenvalue weighted by Gasteiger charge is -2.26. The van der Waals surface area contributed by atoms with Gasteiger partial charge in [-0.3, -0.25) is 9.59 Å². The Kier molecular flexibility index (Phi) is 5.73. The van der Waals surface area contributed by atoms with Gasteiger partial charge in [-0.1, -0.05) is 32.9 Å². The fraction of sp³-hybridized carbons (Fsp3) is 0.391. The molecule has 0 aliphatic carbocycles. The lowest BCUT2D eigenvalue weighted by molar-refractivity contribution is -0.118. The van der Waals surface area contributed by atoms with E-state index in [1.165, 1.54) is 0 Å². The second-order valence-electron chi connectivity index (χ2n) is 7.79. The SMILES string of the molecule is CCC(=O)N1CCc2cc(C(=O)NCC(C)(C)c3ccc(OC)cc3)ccc21. The highest BCUT2D eigenvalue weighted by molar-refractivity contribution is 5.98. The van der Waals surface area contributed by atoms with Crippen molar-refractivity contribution in [1.29, 1.82) is 0 Å². The van der Waals surface area contributed by atoms with Gasteiger partial charge in [0.05, 0.1) is 7.11 Å². The molecule has 1 heterocycles. The van der Waals surface area contributed by atoms with Crippen molar-refractivity contribution in [1.82, 2.24) is 5.32 Å². The third kappa shape index (κ3) is 4.03. The van der Waals surface area contributed by atoms with Crippen LogP contribution in [0.3, 0.4) is 0 Å². The second-order valence-corrected chi connectivity index (χ2v) is 7.79. The van der Waals surface area contributed by atoms with E-state index < -0.39 is 0 Å². The monoisotopic (exact) mass is 380 g/mol. The molecule has 0 bridgehead atoms. The van der Waals surface area contributed by atoms with Gasteiger partial charge in [-0.15, -0.1) is 0 Å². The van der Waals surface area contributed by atoms with Crippen LogP contribution in [-0.2, 0) is 16.6 Å². The maximum atomic E-state index is 12.7. The Morgan fingerprint density at radius 2 is 1.86 bits per heavy atom. The summed E-state index contributed by atoms with van der Waals surface area (Å²) in [5.74, 6) is 0.846. The standard InChI is InChI=1S/C23H28N2O3/c1-5-21(26)25-13-12-16-14-17(6-11-20(16)25)22(27)24-15-23(2,3)18-7-9-19(28-4)10-8-18/h6-11,14H,5,12-13,15H2,1-4H3,(H,24,27). The molecule has 0 radical (unpaired) electrons. The molecule has 0 saturated carbocycles. The van der Waals surface area contributed by atoms with Gasteiger partial charge < -0.3 is 15.0 Å². The smallest absolute Gasteiger partial charge is 0.251 e. The number of ether oxygens (including phenoxy) is 1. The molecule has 0 saturated heterocycles. The molecular formula is C23H28N2O3. The number of amides is 2. The van der Waals surface area contributed by atoms with E-state index in [0.29, 0.717) is 25.1 Å². The maximum Gasteiger partial charge on any atom is 0.251 e. The average Bonchev–Trinajstić information content (AvgIpc) is 3.14. The first-order valence-electron chi connectivity index (χ1n) is 9.71. The van der Waals surface area contributed by atoms with Crippen LogP contribution < -0.4 is 15.0 Å². The van der Waals surface area contributed by atoms with Crippen LogP contribution in [0.1, 0.15) is 48.7 Å². The molecule has 2 amide bonds. The molecule has 0 atom stereocenters. The molecule has 3 rings (SSSR count). The normalized spacial score (nSPS) is 13.2. The van der Waals surface area contributed by atoms with E-state index in [2.05, 4.69) is 19.2 Å². The number of hydrogen-bond acceptors (Lipinski definition) is 3. The Morgan fingerprint density at radius 3 is 2.50 bits per heavy atom. The highest BCUT2D eigenvalue weighted by atomic mass is 16.5. The van der Waals surface area contributed by atoms with Crippen molar-refractivity contribution in [3.63, 3.8) is 0 Å². The van der Waals surface area contributed by atoms with Crippen LogP contribution >= 0.6 is 0 Å². The first-order valence-corrected chi connectivity index (χ1v) is 9.71. The van der Waals surface area contributed by atoms with E-state index in [-0.39, 0.29) is 17.2 Å². The number of benzene rings is 2. The summed E-state index contributed by atoms with van der Waals surface area (Å²) in [7, 11) is 1.65. The first kappa shape index (κ1) is 19.9.